The number of carbonyl (C=O) groups is 1. The van der Waals surface area contributed by atoms with Gasteiger partial charge in [-0.05, 0) is 29.8 Å². The summed E-state index contributed by atoms with van der Waals surface area (Å²) in [5.41, 5.74) is 4.06. The van der Waals surface area contributed by atoms with Crippen LogP contribution in [0.3, 0.4) is 0 Å². The van der Waals surface area contributed by atoms with Crippen molar-refractivity contribution in [2.75, 3.05) is 0 Å². The number of hydrogen-bond acceptors (Lipinski definition) is 5. The van der Waals surface area contributed by atoms with Crippen LogP contribution in [0.2, 0.25) is 0 Å². The maximum absolute atomic E-state index is 12.3. The molecule has 0 aliphatic rings. The maximum atomic E-state index is 12.3. The van der Waals surface area contributed by atoms with Crippen molar-refractivity contribution in [1.82, 2.24) is 5.43 Å². The van der Waals surface area contributed by atoms with Gasteiger partial charge in [0.05, 0.1) is 11.1 Å². The van der Waals surface area contributed by atoms with Gasteiger partial charge in [-0.25, -0.2) is 5.43 Å². The third-order valence-corrected chi connectivity index (χ3v) is 4.46. The fourth-order valence-electron chi connectivity index (χ4n) is 3.03. The van der Waals surface area contributed by atoms with E-state index in [1.54, 1.807) is 25.1 Å². The predicted molar refractivity (Wildman–Crippen MR) is 107 cm³/mol. The van der Waals surface area contributed by atoms with Gasteiger partial charge in [0.15, 0.2) is 5.76 Å². The van der Waals surface area contributed by atoms with Crippen LogP contribution >= 0.6 is 0 Å². The number of amides is 1. The van der Waals surface area contributed by atoms with Gasteiger partial charge in [-0.1, -0.05) is 42.5 Å². The second kappa shape index (κ2) is 6.96. The topological polar surface area (TPSA) is 97.7 Å². The first kappa shape index (κ1) is 17.4. The molecule has 0 aliphatic heterocycles. The van der Waals surface area contributed by atoms with E-state index in [-0.39, 0.29) is 11.4 Å². The molecule has 0 fully saturated rings. The van der Waals surface area contributed by atoms with Crippen molar-refractivity contribution in [1.29, 1.82) is 0 Å². The van der Waals surface area contributed by atoms with E-state index >= 15 is 0 Å². The van der Waals surface area contributed by atoms with Gasteiger partial charge in [0, 0.05) is 22.6 Å². The van der Waals surface area contributed by atoms with Gasteiger partial charge >= 0.3 is 5.91 Å². The third kappa shape index (κ3) is 3.21. The monoisotopic (exact) mass is 373 g/mol. The Bertz CT molecular complexity index is 1260. The van der Waals surface area contributed by atoms with Crippen LogP contribution in [0.25, 0.3) is 21.7 Å². The first-order valence-corrected chi connectivity index (χ1v) is 8.53. The highest BCUT2D eigenvalue weighted by Gasteiger charge is 2.14. The molecule has 0 radical (unpaired) electrons. The summed E-state index contributed by atoms with van der Waals surface area (Å²) in [5, 5.41) is 17.8. The molecule has 7 heteroatoms. The van der Waals surface area contributed by atoms with E-state index in [9.17, 15) is 14.9 Å². The second-order valence-corrected chi connectivity index (χ2v) is 6.31. The van der Waals surface area contributed by atoms with Crippen molar-refractivity contribution < 1.29 is 14.1 Å². The van der Waals surface area contributed by atoms with E-state index in [1.807, 2.05) is 36.4 Å². The van der Waals surface area contributed by atoms with Crippen LogP contribution in [0.4, 0.5) is 5.69 Å². The average Bonchev–Trinajstić information content (AvgIpc) is 3.14. The van der Waals surface area contributed by atoms with Crippen molar-refractivity contribution in [2.45, 2.75) is 6.92 Å². The molecule has 0 spiro atoms. The number of fused-ring (bicyclic) bond motifs is 3. The lowest BCUT2D eigenvalue weighted by Crippen LogP contribution is -2.16. The molecule has 0 saturated carbocycles. The number of hydrogen-bond donors (Lipinski definition) is 1. The first-order valence-electron chi connectivity index (χ1n) is 8.53. The minimum absolute atomic E-state index is 0.000520. The summed E-state index contributed by atoms with van der Waals surface area (Å²) in [5.74, 6) is -0.364. The number of aryl methyl sites for hydroxylation is 1. The molecule has 0 aliphatic carbocycles. The lowest BCUT2D eigenvalue weighted by molar-refractivity contribution is -0.385. The molecule has 1 amide bonds. The predicted octanol–water partition coefficient (Wildman–Crippen LogP) is 4.57. The van der Waals surface area contributed by atoms with E-state index in [0.29, 0.717) is 16.7 Å². The van der Waals surface area contributed by atoms with Crippen LogP contribution < -0.4 is 5.43 Å². The van der Waals surface area contributed by atoms with Crippen LogP contribution in [-0.2, 0) is 0 Å². The van der Waals surface area contributed by atoms with E-state index in [1.165, 1.54) is 12.3 Å². The number of nitrogens with one attached hydrogen (secondary N) is 1. The summed E-state index contributed by atoms with van der Waals surface area (Å²) in [6.45, 7) is 1.66. The van der Waals surface area contributed by atoms with Crippen LogP contribution in [0.15, 0.2) is 70.2 Å². The average molecular weight is 373 g/mol. The second-order valence-electron chi connectivity index (χ2n) is 6.31. The largest absolute Gasteiger partial charge is 0.451 e. The SMILES string of the molecule is Cc1ccc(C=NNC(=O)c2cc3c(ccc4ccccc43)o2)cc1[N+](=O)[O-]. The van der Waals surface area contributed by atoms with Gasteiger partial charge < -0.3 is 4.42 Å². The minimum Gasteiger partial charge on any atom is -0.451 e. The van der Waals surface area contributed by atoms with E-state index < -0.39 is 10.8 Å². The summed E-state index contributed by atoms with van der Waals surface area (Å²) in [4.78, 5) is 22.9. The Balaban J connectivity index is 1.56. The Morgan fingerprint density at radius 3 is 2.75 bits per heavy atom. The zero-order valence-corrected chi connectivity index (χ0v) is 14.9. The normalized spacial score (nSPS) is 11.3. The molecule has 1 N–H and O–H groups in total. The number of carbonyl (C=O) groups excluding carboxylic acids is 1. The maximum Gasteiger partial charge on any atom is 0.307 e. The van der Waals surface area contributed by atoms with Gasteiger partial charge in [-0.2, -0.15) is 5.10 Å². The smallest absolute Gasteiger partial charge is 0.307 e. The van der Waals surface area contributed by atoms with Gasteiger partial charge in [-0.15, -0.1) is 0 Å². The van der Waals surface area contributed by atoms with Crippen LogP contribution in [0.5, 0.6) is 0 Å². The standard InChI is InChI=1S/C21H15N3O4/c1-13-6-7-14(10-18(13)24(26)27)12-22-23-21(25)20-11-17-16-5-3-2-4-15(16)8-9-19(17)28-20/h2-12H,1H3,(H,23,25). The lowest BCUT2D eigenvalue weighted by atomic mass is 10.1. The molecule has 0 saturated heterocycles. The Kier molecular flexibility index (Phi) is 4.33. The van der Waals surface area contributed by atoms with Crippen LogP contribution in [0, 0.1) is 17.0 Å². The molecule has 0 bridgehead atoms. The fraction of sp³-hybridized carbons (Fsp3) is 0.0476. The molecule has 0 atom stereocenters. The molecule has 28 heavy (non-hydrogen) atoms. The minimum atomic E-state index is -0.502. The van der Waals surface area contributed by atoms with Gasteiger partial charge in [0.1, 0.15) is 5.58 Å². The molecule has 4 aromatic rings. The van der Waals surface area contributed by atoms with Gasteiger partial charge in [0.2, 0.25) is 0 Å². The number of rotatable bonds is 4. The fourth-order valence-corrected chi connectivity index (χ4v) is 3.03. The molecule has 4 rings (SSSR count). The Hall–Kier alpha value is -4.00. The molecule has 1 heterocycles. The van der Waals surface area contributed by atoms with E-state index in [2.05, 4.69) is 10.5 Å². The van der Waals surface area contributed by atoms with E-state index in [0.717, 1.165) is 16.2 Å². The third-order valence-electron chi connectivity index (χ3n) is 4.46. The molecule has 3 aromatic carbocycles. The highest BCUT2D eigenvalue weighted by Crippen LogP contribution is 2.28. The van der Waals surface area contributed by atoms with Crippen molar-refractivity contribution in [3.05, 3.63) is 87.7 Å². The van der Waals surface area contributed by atoms with Crippen molar-refractivity contribution >= 4 is 39.6 Å². The van der Waals surface area contributed by atoms with Crippen molar-refractivity contribution in [2.24, 2.45) is 5.10 Å². The number of benzene rings is 3. The number of hydrazone groups is 1. The summed E-state index contributed by atoms with van der Waals surface area (Å²) in [7, 11) is 0. The van der Waals surface area contributed by atoms with Gasteiger partial charge in [-0.3, -0.25) is 14.9 Å². The highest BCUT2D eigenvalue weighted by molar-refractivity contribution is 6.08. The summed E-state index contributed by atoms with van der Waals surface area (Å²) in [6.07, 6.45) is 1.35. The molecule has 138 valence electrons. The molecular formula is C21H15N3O4. The van der Waals surface area contributed by atoms with Crippen molar-refractivity contribution in [3.8, 4) is 0 Å². The Labute approximate surface area is 159 Å². The molecular weight excluding hydrogens is 358 g/mol. The molecule has 0 unspecified atom stereocenters. The van der Waals surface area contributed by atoms with Crippen molar-refractivity contribution in [3.63, 3.8) is 0 Å². The zero-order valence-electron chi connectivity index (χ0n) is 14.9. The zero-order chi connectivity index (χ0) is 19.7. The summed E-state index contributed by atoms with van der Waals surface area (Å²) < 4.78 is 5.63. The number of furan rings is 1. The lowest BCUT2D eigenvalue weighted by Gasteiger charge is -1.99. The summed E-state index contributed by atoms with van der Waals surface area (Å²) in [6, 6.07) is 18.0. The highest BCUT2D eigenvalue weighted by atomic mass is 16.6. The van der Waals surface area contributed by atoms with E-state index in [4.69, 9.17) is 4.42 Å². The first-order chi connectivity index (χ1) is 13.5. The number of nitrogens with zero attached hydrogens (tertiary/aromatic N) is 2. The molecule has 7 nitrogen and oxygen atoms in total. The van der Waals surface area contributed by atoms with Gasteiger partial charge in [0.25, 0.3) is 5.69 Å². The van der Waals surface area contributed by atoms with Crippen LogP contribution in [-0.4, -0.2) is 17.0 Å². The molecule has 1 aromatic heterocycles. The summed E-state index contributed by atoms with van der Waals surface area (Å²) >= 11 is 0. The van der Waals surface area contributed by atoms with Crippen LogP contribution in [0.1, 0.15) is 21.7 Å². The Morgan fingerprint density at radius 1 is 1.11 bits per heavy atom. The number of nitro groups is 1. The number of nitro benzene ring substituents is 1. The quantitative estimate of drug-likeness (QED) is 0.322. The Morgan fingerprint density at radius 2 is 1.93 bits per heavy atom.